The summed E-state index contributed by atoms with van der Waals surface area (Å²) in [6, 6.07) is 20.2. The highest BCUT2D eigenvalue weighted by Gasteiger charge is 2.19. The number of para-hydroxylation sites is 1. The van der Waals surface area contributed by atoms with Crippen LogP contribution in [0.15, 0.2) is 71.6 Å². The number of ether oxygens (including phenoxy) is 2. The molecule has 1 atom stereocenters. The number of amides is 2. The lowest BCUT2D eigenvalue weighted by molar-refractivity contribution is -0.115. The Morgan fingerprint density at radius 3 is 2.24 bits per heavy atom. The Hall–Kier alpha value is -3.56. The van der Waals surface area contributed by atoms with Crippen LogP contribution in [0.3, 0.4) is 0 Å². The Morgan fingerprint density at radius 1 is 0.912 bits per heavy atom. The number of nitrogens with one attached hydrogen (secondary N) is 2. The zero-order valence-electron chi connectivity index (χ0n) is 18.8. The van der Waals surface area contributed by atoms with Gasteiger partial charge in [-0.3, -0.25) is 9.59 Å². The topological polar surface area (TPSA) is 89.5 Å². The highest BCUT2D eigenvalue weighted by molar-refractivity contribution is 8.00. The highest BCUT2D eigenvalue weighted by atomic mass is 32.2. The van der Waals surface area contributed by atoms with Crippen molar-refractivity contribution in [3.8, 4) is 11.5 Å². The minimum Gasteiger partial charge on any atom is -0.496 e. The molecule has 9 heteroatoms. The van der Waals surface area contributed by atoms with Crippen LogP contribution >= 0.6 is 23.1 Å². The van der Waals surface area contributed by atoms with Crippen molar-refractivity contribution in [2.45, 2.75) is 17.1 Å². The van der Waals surface area contributed by atoms with Gasteiger partial charge in [0.1, 0.15) is 17.1 Å². The summed E-state index contributed by atoms with van der Waals surface area (Å²) in [6.07, 6.45) is 0. The summed E-state index contributed by atoms with van der Waals surface area (Å²) >= 11 is 2.88. The average Bonchev–Trinajstić information content (AvgIpc) is 3.26. The summed E-state index contributed by atoms with van der Waals surface area (Å²) in [4.78, 5) is 30.8. The second-order valence-corrected chi connectivity index (χ2v) is 9.70. The predicted octanol–water partition coefficient (Wildman–Crippen LogP) is 5.69. The van der Waals surface area contributed by atoms with Gasteiger partial charge in [0.05, 0.1) is 29.7 Å². The van der Waals surface area contributed by atoms with Crippen molar-refractivity contribution in [1.82, 2.24) is 4.98 Å². The Labute approximate surface area is 205 Å². The second-order valence-electron chi connectivity index (χ2n) is 7.25. The maximum Gasteiger partial charge on any atom is 0.263 e. The van der Waals surface area contributed by atoms with Crippen molar-refractivity contribution in [2.75, 3.05) is 24.9 Å². The maximum atomic E-state index is 12.8. The Balaban J connectivity index is 1.38. The zero-order valence-corrected chi connectivity index (χ0v) is 20.5. The first-order chi connectivity index (χ1) is 16.5. The molecule has 0 radical (unpaired) electrons. The van der Waals surface area contributed by atoms with Crippen molar-refractivity contribution in [3.63, 3.8) is 0 Å². The molecule has 1 aromatic heterocycles. The van der Waals surface area contributed by atoms with Crippen LogP contribution in [0, 0.1) is 0 Å². The van der Waals surface area contributed by atoms with Gasteiger partial charge in [-0.2, -0.15) is 0 Å². The van der Waals surface area contributed by atoms with Gasteiger partial charge in [0.25, 0.3) is 5.91 Å². The maximum absolute atomic E-state index is 12.8. The molecule has 0 aliphatic rings. The third kappa shape index (κ3) is 5.32. The summed E-state index contributed by atoms with van der Waals surface area (Å²) < 4.78 is 11.6. The third-order valence-corrected chi connectivity index (χ3v) is 7.04. The number of anilines is 2. The molecule has 7 nitrogen and oxygen atoms in total. The van der Waals surface area contributed by atoms with E-state index in [1.54, 1.807) is 30.3 Å². The molecule has 3 aromatic carbocycles. The fraction of sp³-hybridized carbons (Fsp3) is 0.160. The van der Waals surface area contributed by atoms with Gasteiger partial charge in [0.2, 0.25) is 5.91 Å². The normalized spacial score (nSPS) is 11.6. The van der Waals surface area contributed by atoms with Gasteiger partial charge in [-0.25, -0.2) is 4.98 Å². The molecule has 2 N–H and O–H groups in total. The minimum absolute atomic E-state index is 0.121. The Bertz CT molecular complexity index is 1270. The zero-order chi connectivity index (χ0) is 24.1. The molecule has 0 spiro atoms. The molecule has 0 aliphatic carbocycles. The van der Waals surface area contributed by atoms with Gasteiger partial charge < -0.3 is 20.1 Å². The SMILES string of the molecule is COc1cccc(OC)c1C(=O)Nc1ccc(SC(C)C(=O)Nc2nc3ccccc3s2)cc1. The molecule has 34 heavy (non-hydrogen) atoms. The van der Waals surface area contributed by atoms with Crippen molar-refractivity contribution < 1.29 is 19.1 Å². The molecule has 2 amide bonds. The van der Waals surface area contributed by atoms with Gasteiger partial charge in [0.15, 0.2) is 5.13 Å². The smallest absolute Gasteiger partial charge is 0.263 e. The molecule has 1 unspecified atom stereocenters. The number of benzene rings is 3. The number of carbonyl (C=O) groups excluding carboxylic acids is 2. The summed E-state index contributed by atoms with van der Waals surface area (Å²) in [7, 11) is 3.01. The molecule has 0 saturated heterocycles. The van der Waals surface area contributed by atoms with E-state index >= 15 is 0 Å². The quantitative estimate of drug-likeness (QED) is 0.307. The lowest BCUT2D eigenvalue weighted by Crippen LogP contribution is -2.22. The number of rotatable bonds is 8. The lowest BCUT2D eigenvalue weighted by atomic mass is 10.1. The monoisotopic (exact) mass is 493 g/mol. The number of aromatic nitrogens is 1. The lowest BCUT2D eigenvalue weighted by Gasteiger charge is -2.14. The van der Waals surface area contributed by atoms with Crippen LogP contribution in [0.4, 0.5) is 10.8 Å². The van der Waals surface area contributed by atoms with Crippen LogP contribution in [0.25, 0.3) is 10.2 Å². The predicted molar refractivity (Wildman–Crippen MR) is 138 cm³/mol. The van der Waals surface area contributed by atoms with Gasteiger partial charge in [-0.1, -0.05) is 29.5 Å². The standard InChI is InChI=1S/C25H23N3O4S2/c1-15(23(29)28-25-27-18-7-4-5-10-21(18)34-25)33-17-13-11-16(12-14-17)26-24(30)22-19(31-2)8-6-9-20(22)32-3/h4-15H,1-3H3,(H,26,30)(H,27,28,29). The van der Waals surface area contributed by atoms with Gasteiger partial charge in [0, 0.05) is 10.6 Å². The molecule has 0 fully saturated rings. The molecular weight excluding hydrogens is 470 g/mol. The number of nitrogens with zero attached hydrogens (tertiary/aromatic N) is 1. The van der Waals surface area contributed by atoms with Gasteiger partial charge in [-0.05, 0) is 55.5 Å². The van der Waals surface area contributed by atoms with E-state index in [1.165, 1.54) is 37.3 Å². The molecule has 0 aliphatic heterocycles. The molecule has 4 aromatic rings. The molecular formula is C25H23N3O4S2. The third-order valence-electron chi connectivity index (χ3n) is 4.97. The molecule has 1 heterocycles. The summed E-state index contributed by atoms with van der Waals surface area (Å²) in [5, 5.41) is 6.02. The van der Waals surface area contributed by atoms with Crippen LogP contribution in [-0.2, 0) is 4.79 Å². The van der Waals surface area contributed by atoms with Gasteiger partial charge >= 0.3 is 0 Å². The van der Waals surface area contributed by atoms with E-state index in [1.807, 2.05) is 43.3 Å². The van der Waals surface area contributed by atoms with E-state index in [4.69, 9.17) is 9.47 Å². The molecule has 0 saturated carbocycles. The number of hydrogen-bond acceptors (Lipinski definition) is 7. The van der Waals surface area contributed by atoms with Crippen molar-refractivity contribution in [1.29, 1.82) is 0 Å². The first kappa shape index (κ1) is 23.6. The number of thiazole rings is 1. The summed E-state index contributed by atoms with van der Waals surface area (Å²) in [5.41, 5.74) is 1.81. The summed E-state index contributed by atoms with van der Waals surface area (Å²) in [6.45, 7) is 1.84. The first-order valence-corrected chi connectivity index (χ1v) is 12.1. The minimum atomic E-state index is -0.335. The Kier molecular flexibility index (Phi) is 7.34. The molecule has 4 rings (SSSR count). The van der Waals surface area contributed by atoms with Crippen LogP contribution in [0.2, 0.25) is 0 Å². The van der Waals surface area contributed by atoms with Crippen LogP contribution in [-0.4, -0.2) is 36.3 Å². The number of methoxy groups -OCH3 is 2. The van der Waals surface area contributed by atoms with Gasteiger partial charge in [-0.15, -0.1) is 11.8 Å². The van der Waals surface area contributed by atoms with Crippen LogP contribution in [0.5, 0.6) is 11.5 Å². The summed E-state index contributed by atoms with van der Waals surface area (Å²) in [5.74, 6) is 0.400. The van der Waals surface area contributed by atoms with Crippen LogP contribution in [0.1, 0.15) is 17.3 Å². The van der Waals surface area contributed by atoms with Crippen molar-refractivity contribution >= 4 is 55.9 Å². The first-order valence-electron chi connectivity index (χ1n) is 10.4. The molecule has 0 bridgehead atoms. The largest absolute Gasteiger partial charge is 0.496 e. The van der Waals surface area contributed by atoms with E-state index in [0.29, 0.717) is 27.9 Å². The fourth-order valence-corrected chi connectivity index (χ4v) is 5.01. The van der Waals surface area contributed by atoms with E-state index in [-0.39, 0.29) is 17.1 Å². The number of hydrogen-bond donors (Lipinski definition) is 2. The molecule has 174 valence electrons. The van der Waals surface area contributed by atoms with Crippen molar-refractivity contribution in [2.24, 2.45) is 0 Å². The van der Waals surface area contributed by atoms with E-state index in [0.717, 1.165) is 15.1 Å². The highest BCUT2D eigenvalue weighted by Crippen LogP contribution is 2.31. The number of carbonyl (C=O) groups is 2. The fourth-order valence-electron chi connectivity index (χ4n) is 3.28. The Morgan fingerprint density at radius 2 is 1.59 bits per heavy atom. The average molecular weight is 494 g/mol. The van der Waals surface area contributed by atoms with E-state index in [2.05, 4.69) is 15.6 Å². The second kappa shape index (κ2) is 10.6. The van der Waals surface area contributed by atoms with Crippen molar-refractivity contribution in [3.05, 3.63) is 72.3 Å². The van der Waals surface area contributed by atoms with E-state index < -0.39 is 0 Å². The number of thioether (sulfide) groups is 1. The number of fused-ring (bicyclic) bond motifs is 1. The van der Waals surface area contributed by atoms with E-state index in [9.17, 15) is 9.59 Å². The van der Waals surface area contributed by atoms with Crippen LogP contribution < -0.4 is 20.1 Å².